The van der Waals surface area contributed by atoms with Gasteiger partial charge in [-0.15, -0.1) is 0 Å². The van der Waals surface area contributed by atoms with E-state index in [9.17, 15) is 13.0 Å². The fourth-order valence-electron chi connectivity index (χ4n) is 9.85. The number of anilines is 2. The summed E-state index contributed by atoms with van der Waals surface area (Å²) in [5, 5.41) is 5.03. The number of allylic oxidation sites excluding steroid dienone is 7. The molecule has 2 aliphatic heterocycles. The fraction of sp³-hybridized carbons (Fsp3) is 0.327. The van der Waals surface area contributed by atoms with Crippen molar-refractivity contribution in [2.75, 3.05) is 35.2 Å². The Morgan fingerprint density at radius 3 is 2.18 bits per heavy atom. The molecule has 9 heteroatoms. The lowest BCUT2D eigenvalue weighted by atomic mass is 9.78. The number of fused-ring (bicyclic) bond motifs is 6. The predicted molar refractivity (Wildman–Crippen MR) is 263 cm³/mol. The summed E-state index contributed by atoms with van der Waals surface area (Å²) in [4.78, 5) is 4.81. The molecule has 0 atom stereocenters. The maximum Gasteiger partial charge on any atom is 0.264 e. The van der Waals surface area contributed by atoms with Gasteiger partial charge in [0.2, 0.25) is 5.69 Å². The molecule has 0 spiro atoms. The lowest BCUT2D eigenvalue weighted by molar-refractivity contribution is -0.438. The Hall–Kier alpha value is -4.54. The number of benzene rings is 5. The van der Waals surface area contributed by atoms with Gasteiger partial charge in [0, 0.05) is 63.0 Å². The molecule has 0 fully saturated rings. The van der Waals surface area contributed by atoms with E-state index in [1.807, 2.05) is 23.9 Å². The number of hydrogen-bond acceptors (Lipinski definition) is 6. The standard InChI is InChI=1S/C52H57N3O3S3/c1-51(2)46(54(32-9-11-34-59)44-28-20-36-14-5-7-18-42(36)48(44)51)30-22-38-16-13-17-39(50(38)60-41-26-24-40(53)25-27-41)23-31-47-52(3,4)49-43-19-8-6-15-37(43)21-29-45(49)55(47)33-10-12-35-61(56,57)58/h5-8,14-15,18-31H,9-13,16-17,32-35,53H2,1-4H3,(H-,56,57,58,59)/p+1. The molecule has 8 rings (SSSR count). The zero-order chi connectivity index (χ0) is 42.9. The van der Waals surface area contributed by atoms with Crippen molar-refractivity contribution in [3.8, 4) is 0 Å². The van der Waals surface area contributed by atoms with Crippen LogP contribution in [0.4, 0.5) is 17.1 Å². The molecular weight excluding hydrogens is 811 g/mol. The molecule has 61 heavy (non-hydrogen) atoms. The van der Waals surface area contributed by atoms with E-state index in [0.29, 0.717) is 19.4 Å². The molecule has 2 heterocycles. The highest BCUT2D eigenvalue weighted by Gasteiger charge is 2.45. The topological polar surface area (TPSA) is 86.6 Å². The largest absolute Gasteiger partial charge is 0.399 e. The van der Waals surface area contributed by atoms with Gasteiger partial charge in [-0.05, 0) is 139 Å². The minimum Gasteiger partial charge on any atom is -0.399 e. The van der Waals surface area contributed by atoms with Crippen molar-refractivity contribution >= 4 is 78.8 Å². The second-order valence-electron chi connectivity index (χ2n) is 17.7. The van der Waals surface area contributed by atoms with E-state index in [-0.39, 0.29) is 16.6 Å². The third-order valence-corrected chi connectivity index (χ3v) is 15.1. The van der Waals surface area contributed by atoms with E-state index >= 15 is 0 Å². The van der Waals surface area contributed by atoms with Crippen LogP contribution >= 0.6 is 24.4 Å². The number of thiol groups is 1. The van der Waals surface area contributed by atoms with Crippen LogP contribution < -0.4 is 10.6 Å². The Kier molecular flexibility index (Phi) is 12.5. The average Bonchev–Trinajstić information content (AvgIpc) is 3.59. The summed E-state index contributed by atoms with van der Waals surface area (Å²) in [6.07, 6.45) is 15.6. The summed E-state index contributed by atoms with van der Waals surface area (Å²) < 4.78 is 35.3. The molecule has 0 unspecified atom stereocenters. The molecule has 0 radical (unpaired) electrons. The zero-order valence-electron chi connectivity index (χ0n) is 35.8. The van der Waals surface area contributed by atoms with Gasteiger partial charge < -0.3 is 10.6 Å². The zero-order valence-corrected chi connectivity index (χ0v) is 38.4. The summed E-state index contributed by atoms with van der Waals surface area (Å²) in [5.41, 5.74) is 16.7. The highest BCUT2D eigenvalue weighted by molar-refractivity contribution is 8.03. The van der Waals surface area contributed by atoms with Crippen LogP contribution in [0.1, 0.15) is 83.8 Å². The summed E-state index contributed by atoms with van der Waals surface area (Å²) >= 11 is 6.37. The first kappa shape index (κ1) is 43.1. The highest BCUT2D eigenvalue weighted by Crippen LogP contribution is 2.52. The van der Waals surface area contributed by atoms with Gasteiger partial charge in [-0.3, -0.25) is 4.55 Å². The first-order chi connectivity index (χ1) is 29.3. The Morgan fingerprint density at radius 2 is 1.48 bits per heavy atom. The third-order valence-electron chi connectivity index (χ3n) is 12.8. The van der Waals surface area contributed by atoms with E-state index < -0.39 is 10.1 Å². The van der Waals surface area contributed by atoms with Gasteiger partial charge in [0.1, 0.15) is 6.54 Å². The van der Waals surface area contributed by atoms with Crippen LogP contribution in [0, 0.1) is 0 Å². The molecule has 0 saturated carbocycles. The molecule has 3 N–H and O–H groups in total. The molecule has 6 nitrogen and oxygen atoms in total. The van der Waals surface area contributed by atoms with E-state index in [4.69, 9.17) is 5.73 Å². The van der Waals surface area contributed by atoms with E-state index in [1.165, 1.54) is 65.8 Å². The van der Waals surface area contributed by atoms with E-state index in [0.717, 1.165) is 60.7 Å². The van der Waals surface area contributed by atoms with Crippen molar-refractivity contribution in [1.82, 2.24) is 0 Å². The minimum atomic E-state index is -4.03. The first-order valence-corrected chi connectivity index (χ1v) is 24.7. The lowest BCUT2D eigenvalue weighted by Crippen LogP contribution is -2.28. The minimum absolute atomic E-state index is 0.200. The summed E-state index contributed by atoms with van der Waals surface area (Å²) in [6.45, 7) is 11.0. The van der Waals surface area contributed by atoms with Gasteiger partial charge in [-0.25, -0.2) is 0 Å². The maximum absolute atomic E-state index is 11.6. The average molecular weight is 869 g/mol. The van der Waals surface area contributed by atoms with Gasteiger partial charge in [-0.1, -0.05) is 92.4 Å². The maximum atomic E-state index is 11.6. The van der Waals surface area contributed by atoms with Crippen molar-refractivity contribution < 1.29 is 17.5 Å². The number of unbranched alkanes of at least 4 members (excludes halogenated alkanes) is 2. The molecule has 316 valence electrons. The monoisotopic (exact) mass is 868 g/mol. The quantitative estimate of drug-likeness (QED) is 0.0339. The summed E-state index contributed by atoms with van der Waals surface area (Å²) in [5.74, 6) is 0.639. The molecule has 5 aromatic rings. The van der Waals surface area contributed by atoms with Gasteiger partial charge in [-0.2, -0.15) is 25.6 Å². The van der Waals surface area contributed by atoms with Gasteiger partial charge in [0.05, 0.1) is 11.2 Å². The molecule has 0 aromatic heterocycles. The highest BCUT2D eigenvalue weighted by atomic mass is 32.2. The first-order valence-electron chi connectivity index (χ1n) is 21.7. The smallest absolute Gasteiger partial charge is 0.264 e. The molecule has 5 aromatic carbocycles. The van der Waals surface area contributed by atoms with Crippen LogP contribution in [-0.2, 0) is 20.9 Å². The van der Waals surface area contributed by atoms with Crippen LogP contribution in [-0.4, -0.2) is 47.9 Å². The number of hydrogen-bond donors (Lipinski definition) is 3. The molecule has 0 amide bonds. The Morgan fingerprint density at radius 1 is 0.787 bits per heavy atom. The van der Waals surface area contributed by atoms with Crippen LogP contribution in [0.3, 0.4) is 0 Å². The van der Waals surface area contributed by atoms with Crippen LogP contribution in [0.25, 0.3) is 21.5 Å². The Labute approximate surface area is 372 Å². The van der Waals surface area contributed by atoms with E-state index in [1.54, 1.807) is 0 Å². The van der Waals surface area contributed by atoms with Crippen molar-refractivity contribution in [2.45, 2.75) is 88.4 Å². The fourth-order valence-corrected chi connectivity index (χ4v) is 11.8. The third kappa shape index (κ3) is 8.77. The lowest BCUT2D eigenvalue weighted by Gasteiger charge is -2.28. The van der Waals surface area contributed by atoms with Gasteiger partial charge in [0.25, 0.3) is 10.1 Å². The van der Waals surface area contributed by atoms with Crippen molar-refractivity contribution in [3.05, 3.63) is 154 Å². The number of nitrogen functional groups attached to an aromatic ring is 1. The Balaban J connectivity index is 1.23. The summed E-state index contributed by atoms with van der Waals surface area (Å²) in [7, 11) is -4.03. The van der Waals surface area contributed by atoms with Crippen LogP contribution in [0.5, 0.6) is 0 Å². The predicted octanol–water partition coefficient (Wildman–Crippen LogP) is 12.7. The molecule has 0 saturated heterocycles. The van der Waals surface area contributed by atoms with Crippen LogP contribution in [0.15, 0.2) is 148 Å². The van der Waals surface area contributed by atoms with Gasteiger partial charge in [0.15, 0.2) is 5.71 Å². The van der Waals surface area contributed by atoms with Crippen LogP contribution in [0.2, 0.25) is 0 Å². The van der Waals surface area contributed by atoms with Gasteiger partial charge >= 0.3 is 0 Å². The number of rotatable bonds is 14. The molecule has 3 aliphatic rings. The number of nitrogens with zero attached hydrogens (tertiary/aromatic N) is 2. The molecule has 0 bridgehead atoms. The summed E-state index contributed by atoms with van der Waals surface area (Å²) in [6, 6.07) is 34.6. The van der Waals surface area contributed by atoms with Crippen molar-refractivity contribution in [3.63, 3.8) is 0 Å². The normalized spacial score (nSPS) is 18.7. The van der Waals surface area contributed by atoms with Crippen molar-refractivity contribution in [1.29, 1.82) is 0 Å². The number of thioether (sulfide) groups is 1. The SMILES string of the molecule is CC1(C)C(/C=C/C2=C(Sc3ccc(N)cc3)C(=C/C=C3/N(CCCCS(=O)(=O)O)c4ccc5ccccc5c4C3(C)C)/CCC2)=[N+](CCCCS)c2ccc3ccccc3c21. The molecular formula is C52H58N3O3S3+. The molecule has 1 aliphatic carbocycles. The Bertz CT molecular complexity index is 2760. The number of nitrogens with two attached hydrogens (primary N) is 1. The second kappa shape index (κ2) is 17.7. The second-order valence-corrected chi connectivity index (χ2v) is 20.8. The van der Waals surface area contributed by atoms with Crippen molar-refractivity contribution in [2.24, 2.45) is 0 Å². The van der Waals surface area contributed by atoms with E-state index in [2.05, 4.69) is 159 Å².